The highest BCUT2D eigenvalue weighted by molar-refractivity contribution is 6.30. The maximum absolute atomic E-state index is 12.3. The van der Waals surface area contributed by atoms with Crippen LogP contribution in [0.1, 0.15) is 17.2 Å². The molecule has 6 heteroatoms. The number of hydrogen-bond donors (Lipinski definition) is 2. The van der Waals surface area contributed by atoms with Crippen molar-refractivity contribution in [2.24, 2.45) is 0 Å². The largest absolute Gasteiger partial charge is 0.336 e. The van der Waals surface area contributed by atoms with E-state index in [1.807, 2.05) is 0 Å². The van der Waals surface area contributed by atoms with E-state index < -0.39 is 0 Å². The summed E-state index contributed by atoms with van der Waals surface area (Å²) in [6, 6.07) is 15.7. The minimum atomic E-state index is -0.205. The lowest BCUT2D eigenvalue weighted by Crippen LogP contribution is -2.48. The molecule has 0 unspecified atom stereocenters. The number of piperazine rings is 1. The Morgan fingerprint density at radius 1 is 1.04 bits per heavy atom. The number of hydrogen-bond acceptors (Lipinski definition) is 3. The summed E-state index contributed by atoms with van der Waals surface area (Å²) in [6.45, 7) is 6.72. The summed E-state index contributed by atoms with van der Waals surface area (Å²) >= 11 is 5.89. The van der Waals surface area contributed by atoms with Gasteiger partial charge in [-0.15, -0.1) is 0 Å². The average Bonchev–Trinajstić information content (AvgIpc) is 2.66. The smallest absolute Gasteiger partial charge is 0.319 e. The number of benzene rings is 2. The Bertz CT molecular complexity index is 740. The van der Waals surface area contributed by atoms with Gasteiger partial charge in [0.15, 0.2) is 0 Å². The zero-order valence-electron chi connectivity index (χ0n) is 15.9. The molecule has 0 aromatic heterocycles. The number of halogens is 1. The molecular formula is C21H27ClN4O. The van der Waals surface area contributed by atoms with Gasteiger partial charge in [-0.05, 0) is 43.8 Å². The van der Waals surface area contributed by atoms with Gasteiger partial charge < -0.3 is 15.5 Å². The second kappa shape index (κ2) is 9.22. The first-order valence-electron chi connectivity index (χ1n) is 9.31. The van der Waals surface area contributed by atoms with Crippen LogP contribution in [0.15, 0.2) is 48.5 Å². The van der Waals surface area contributed by atoms with E-state index in [4.69, 9.17) is 11.6 Å². The number of carbonyl (C=O) groups excluding carboxylic acids is 1. The monoisotopic (exact) mass is 386 g/mol. The second-order valence-corrected chi connectivity index (χ2v) is 7.54. The van der Waals surface area contributed by atoms with Gasteiger partial charge in [0.1, 0.15) is 0 Å². The lowest BCUT2D eigenvalue weighted by molar-refractivity contribution is 0.111. The van der Waals surface area contributed by atoms with Gasteiger partial charge in [-0.25, -0.2) is 4.79 Å². The normalized spacial score (nSPS) is 16.7. The van der Waals surface area contributed by atoms with Gasteiger partial charge in [0.2, 0.25) is 0 Å². The van der Waals surface area contributed by atoms with E-state index in [9.17, 15) is 4.79 Å². The standard InChI is InChI=1S/C21H27ClN4O/c1-16-3-5-17(6-4-16)20(26-13-11-25(2)12-14-26)15-23-21(27)24-19-9-7-18(22)8-10-19/h3-10,20H,11-15H2,1-2H3,(H2,23,24,27)/t20-/m1/s1. The molecule has 27 heavy (non-hydrogen) atoms. The molecule has 0 spiro atoms. The van der Waals surface area contributed by atoms with Crippen LogP contribution in [0.3, 0.4) is 0 Å². The number of carbonyl (C=O) groups is 1. The van der Waals surface area contributed by atoms with Crippen molar-refractivity contribution >= 4 is 23.3 Å². The van der Waals surface area contributed by atoms with E-state index in [0.29, 0.717) is 11.6 Å². The SMILES string of the molecule is Cc1ccc([C@@H](CNC(=O)Nc2ccc(Cl)cc2)N2CCN(C)CC2)cc1. The molecular weight excluding hydrogens is 360 g/mol. The topological polar surface area (TPSA) is 47.6 Å². The number of anilines is 1. The third kappa shape index (κ3) is 5.70. The number of urea groups is 1. The third-order valence-electron chi connectivity index (χ3n) is 5.00. The molecule has 144 valence electrons. The molecule has 1 saturated heterocycles. The van der Waals surface area contributed by atoms with Gasteiger partial charge in [-0.1, -0.05) is 41.4 Å². The fourth-order valence-corrected chi connectivity index (χ4v) is 3.40. The Morgan fingerprint density at radius 3 is 2.30 bits per heavy atom. The van der Waals surface area contributed by atoms with Crippen LogP contribution >= 0.6 is 11.6 Å². The van der Waals surface area contributed by atoms with Crippen LogP contribution in [0.2, 0.25) is 5.02 Å². The highest BCUT2D eigenvalue weighted by Gasteiger charge is 2.24. The Kier molecular flexibility index (Phi) is 6.72. The molecule has 2 aromatic rings. The molecule has 1 fully saturated rings. The Morgan fingerprint density at radius 2 is 1.67 bits per heavy atom. The molecule has 1 aliphatic rings. The Balaban J connectivity index is 1.64. The van der Waals surface area contributed by atoms with Crippen molar-refractivity contribution in [2.75, 3.05) is 45.1 Å². The van der Waals surface area contributed by atoms with E-state index in [-0.39, 0.29) is 12.1 Å². The van der Waals surface area contributed by atoms with Gasteiger partial charge in [-0.2, -0.15) is 0 Å². The van der Waals surface area contributed by atoms with E-state index in [1.165, 1.54) is 11.1 Å². The summed E-state index contributed by atoms with van der Waals surface area (Å²) in [6.07, 6.45) is 0. The van der Waals surface area contributed by atoms with E-state index in [2.05, 4.69) is 58.7 Å². The summed E-state index contributed by atoms with van der Waals surface area (Å²) in [5.41, 5.74) is 3.20. The van der Waals surface area contributed by atoms with Crippen molar-refractivity contribution in [1.29, 1.82) is 0 Å². The van der Waals surface area contributed by atoms with Crippen LogP contribution in [-0.2, 0) is 0 Å². The average molecular weight is 387 g/mol. The minimum absolute atomic E-state index is 0.162. The molecule has 0 bridgehead atoms. The van der Waals surface area contributed by atoms with Gasteiger partial charge in [0, 0.05) is 43.4 Å². The van der Waals surface area contributed by atoms with Crippen molar-refractivity contribution in [3.05, 3.63) is 64.7 Å². The third-order valence-corrected chi connectivity index (χ3v) is 5.25. The first-order valence-corrected chi connectivity index (χ1v) is 9.68. The van der Waals surface area contributed by atoms with E-state index in [0.717, 1.165) is 31.9 Å². The molecule has 3 rings (SSSR count). The van der Waals surface area contributed by atoms with Crippen LogP contribution < -0.4 is 10.6 Å². The molecule has 2 N–H and O–H groups in total. The van der Waals surface area contributed by atoms with E-state index in [1.54, 1.807) is 24.3 Å². The van der Waals surface area contributed by atoms with Gasteiger partial charge in [-0.3, -0.25) is 4.90 Å². The molecule has 5 nitrogen and oxygen atoms in total. The Hall–Kier alpha value is -2.08. The maximum Gasteiger partial charge on any atom is 0.319 e. The number of aryl methyl sites for hydroxylation is 1. The number of likely N-dealkylation sites (N-methyl/N-ethyl adjacent to an activating group) is 1. The van der Waals surface area contributed by atoms with Crippen LogP contribution in [0.25, 0.3) is 0 Å². The second-order valence-electron chi connectivity index (χ2n) is 7.11. The lowest BCUT2D eigenvalue weighted by atomic mass is 10.0. The molecule has 1 aliphatic heterocycles. The lowest BCUT2D eigenvalue weighted by Gasteiger charge is -2.38. The summed E-state index contributed by atoms with van der Waals surface area (Å²) in [4.78, 5) is 17.1. The molecule has 0 saturated carbocycles. The first kappa shape index (κ1) is 19.7. The predicted molar refractivity (Wildman–Crippen MR) is 111 cm³/mol. The van der Waals surface area contributed by atoms with Crippen molar-refractivity contribution in [2.45, 2.75) is 13.0 Å². The van der Waals surface area contributed by atoms with Crippen LogP contribution in [0.4, 0.5) is 10.5 Å². The van der Waals surface area contributed by atoms with Crippen molar-refractivity contribution in [3.63, 3.8) is 0 Å². The van der Waals surface area contributed by atoms with Gasteiger partial charge >= 0.3 is 6.03 Å². The number of nitrogens with one attached hydrogen (secondary N) is 2. The summed E-state index contributed by atoms with van der Waals surface area (Å²) in [5.74, 6) is 0. The van der Waals surface area contributed by atoms with Gasteiger partial charge in [0.05, 0.1) is 6.04 Å². The Labute approximate surface area is 166 Å². The number of amides is 2. The molecule has 2 amide bonds. The van der Waals surface area contributed by atoms with Crippen LogP contribution in [0, 0.1) is 6.92 Å². The van der Waals surface area contributed by atoms with Gasteiger partial charge in [0.25, 0.3) is 0 Å². The number of nitrogens with zero attached hydrogens (tertiary/aromatic N) is 2. The predicted octanol–water partition coefficient (Wildman–Crippen LogP) is 3.76. The molecule has 1 heterocycles. The maximum atomic E-state index is 12.3. The fourth-order valence-electron chi connectivity index (χ4n) is 3.28. The first-order chi connectivity index (χ1) is 13.0. The highest BCUT2D eigenvalue weighted by Crippen LogP contribution is 2.22. The minimum Gasteiger partial charge on any atom is -0.336 e. The molecule has 0 aliphatic carbocycles. The van der Waals surface area contributed by atoms with Crippen LogP contribution in [-0.4, -0.2) is 55.6 Å². The van der Waals surface area contributed by atoms with Crippen LogP contribution in [0.5, 0.6) is 0 Å². The quantitative estimate of drug-likeness (QED) is 0.822. The highest BCUT2D eigenvalue weighted by atomic mass is 35.5. The van der Waals surface area contributed by atoms with E-state index >= 15 is 0 Å². The zero-order chi connectivity index (χ0) is 19.2. The summed E-state index contributed by atoms with van der Waals surface area (Å²) < 4.78 is 0. The number of rotatable bonds is 5. The molecule has 0 radical (unpaired) electrons. The fraction of sp³-hybridized carbons (Fsp3) is 0.381. The van der Waals surface area contributed by atoms with Crippen molar-refractivity contribution < 1.29 is 4.79 Å². The summed E-state index contributed by atoms with van der Waals surface area (Å²) in [5, 5.41) is 6.54. The van der Waals surface area contributed by atoms with Crippen molar-refractivity contribution in [1.82, 2.24) is 15.1 Å². The van der Waals surface area contributed by atoms with Crippen molar-refractivity contribution in [3.8, 4) is 0 Å². The zero-order valence-corrected chi connectivity index (χ0v) is 16.7. The molecule has 2 aromatic carbocycles. The summed E-state index contributed by atoms with van der Waals surface area (Å²) in [7, 11) is 2.15. The molecule has 1 atom stereocenters.